The van der Waals surface area contributed by atoms with Gasteiger partial charge < -0.3 is 20.4 Å². The van der Waals surface area contributed by atoms with E-state index in [2.05, 4.69) is 58.0 Å². The molecule has 4 rings (SSSR count). The number of imidazole rings is 1. The van der Waals surface area contributed by atoms with E-state index in [9.17, 15) is 4.79 Å². The number of ether oxygens (including phenoxy) is 1. The molecule has 3 heterocycles. The van der Waals surface area contributed by atoms with Crippen molar-refractivity contribution >= 4 is 17.0 Å². The average molecular weight is 439 g/mol. The summed E-state index contributed by atoms with van der Waals surface area (Å²) < 4.78 is 7.20. The van der Waals surface area contributed by atoms with Crippen molar-refractivity contribution in [3.8, 4) is 6.01 Å². The maximum Gasteiger partial charge on any atom is 0.328 e. The van der Waals surface area contributed by atoms with Crippen molar-refractivity contribution in [1.82, 2.24) is 24.4 Å². The van der Waals surface area contributed by atoms with Crippen molar-refractivity contribution < 1.29 is 4.74 Å². The van der Waals surface area contributed by atoms with E-state index in [-0.39, 0.29) is 17.5 Å². The molecule has 2 aromatic heterocycles. The van der Waals surface area contributed by atoms with Gasteiger partial charge in [0.05, 0.1) is 13.2 Å². The molecule has 3 aromatic rings. The molecule has 0 aliphatic carbocycles. The van der Waals surface area contributed by atoms with Gasteiger partial charge in [-0.2, -0.15) is 9.97 Å². The number of benzene rings is 1. The highest BCUT2D eigenvalue weighted by molar-refractivity contribution is 5.81. The van der Waals surface area contributed by atoms with Crippen LogP contribution >= 0.6 is 0 Å². The number of piperidine rings is 1. The first kappa shape index (κ1) is 22.3. The number of H-pyrrole nitrogens is 1. The van der Waals surface area contributed by atoms with E-state index in [1.54, 1.807) is 4.57 Å². The monoisotopic (exact) mass is 438 g/mol. The van der Waals surface area contributed by atoms with E-state index < -0.39 is 0 Å². The predicted octanol–water partition coefficient (Wildman–Crippen LogP) is 3.20. The van der Waals surface area contributed by atoms with Gasteiger partial charge in [-0.1, -0.05) is 44.5 Å². The topological polar surface area (TPSA) is 102 Å². The number of anilines is 1. The zero-order valence-electron chi connectivity index (χ0n) is 19.1. The predicted molar refractivity (Wildman–Crippen MR) is 127 cm³/mol. The number of hydrogen-bond acceptors (Lipinski definition) is 6. The normalized spacial score (nSPS) is 15.4. The van der Waals surface area contributed by atoms with Crippen LogP contribution in [0.5, 0.6) is 6.01 Å². The van der Waals surface area contributed by atoms with Gasteiger partial charge in [-0.05, 0) is 55.8 Å². The summed E-state index contributed by atoms with van der Waals surface area (Å²) in [6.45, 7) is 8.88. The van der Waals surface area contributed by atoms with Crippen molar-refractivity contribution in [2.24, 2.45) is 5.92 Å². The summed E-state index contributed by atoms with van der Waals surface area (Å²) in [5, 5.41) is 0. The minimum absolute atomic E-state index is 0.207. The van der Waals surface area contributed by atoms with Crippen LogP contribution in [-0.4, -0.2) is 50.7 Å². The molecule has 0 saturated carbocycles. The Kier molecular flexibility index (Phi) is 7.09. The van der Waals surface area contributed by atoms with Gasteiger partial charge in [0.25, 0.3) is 0 Å². The number of hydrogen-bond donors (Lipinski definition) is 2. The number of unbranched alkanes of at least 4 members (excludes halogenated alkanes) is 1. The number of aromatic nitrogens is 4. The van der Waals surface area contributed by atoms with E-state index in [0.29, 0.717) is 24.3 Å². The molecule has 0 spiro atoms. The minimum atomic E-state index is -0.255. The summed E-state index contributed by atoms with van der Waals surface area (Å²) in [6, 6.07) is 8.69. The third-order valence-corrected chi connectivity index (χ3v) is 6.32. The molecule has 0 unspecified atom stereocenters. The van der Waals surface area contributed by atoms with Crippen LogP contribution in [0.3, 0.4) is 0 Å². The van der Waals surface area contributed by atoms with Gasteiger partial charge in [0, 0.05) is 6.54 Å². The van der Waals surface area contributed by atoms with E-state index in [1.165, 1.54) is 31.5 Å². The molecule has 8 nitrogen and oxygen atoms in total. The van der Waals surface area contributed by atoms with E-state index >= 15 is 0 Å². The van der Waals surface area contributed by atoms with E-state index in [4.69, 9.17) is 10.5 Å². The number of likely N-dealkylation sites (tertiary alicyclic amines) is 1. The fraction of sp³-hybridized carbons (Fsp3) is 0.542. The molecule has 1 aliphatic heterocycles. The molecule has 0 bridgehead atoms. The Hall–Kier alpha value is -2.87. The van der Waals surface area contributed by atoms with Gasteiger partial charge in [-0.3, -0.25) is 4.57 Å². The lowest BCUT2D eigenvalue weighted by Gasteiger charge is -2.30. The van der Waals surface area contributed by atoms with Gasteiger partial charge in [-0.15, -0.1) is 0 Å². The number of nitrogens with one attached hydrogen (secondary N) is 1. The van der Waals surface area contributed by atoms with Gasteiger partial charge >= 0.3 is 11.7 Å². The fourth-order valence-corrected chi connectivity index (χ4v) is 4.12. The third-order valence-electron chi connectivity index (χ3n) is 6.32. The van der Waals surface area contributed by atoms with Crippen LogP contribution in [-0.2, 0) is 13.0 Å². The summed E-state index contributed by atoms with van der Waals surface area (Å²) in [6.07, 6.45) is 5.57. The first-order valence-electron chi connectivity index (χ1n) is 11.7. The summed E-state index contributed by atoms with van der Waals surface area (Å²) >= 11 is 0. The molecule has 1 fully saturated rings. The summed E-state index contributed by atoms with van der Waals surface area (Å²) in [7, 11) is 0. The molecule has 0 radical (unpaired) electrons. The number of nitrogens with two attached hydrogens (primary N) is 1. The molecule has 0 atom stereocenters. The molecular formula is C24H34N6O2. The van der Waals surface area contributed by atoms with E-state index in [0.717, 1.165) is 37.3 Å². The second-order valence-corrected chi connectivity index (χ2v) is 8.90. The highest BCUT2D eigenvalue weighted by Gasteiger charge is 2.16. The van der Waals surface area contributed by atoms with Crippen molar-refractivity contribution in [2.45, 2.75) is 52.5 Å². The summed E-state index contributed by atoms with van der Waals surface area (Å²) in [5.74, 6) is 1.08. The number of rotatable bonds is 9. The maximum atomic E-state index is 12.6. The van der Waals surface area contributed by atoms with Crippen LogP contribution in [0.4, 0.5) is 5.82 Å². The molecule has 1 aromatic carbocycles. The smallest absolute Gasteiger partial charge is 0.328 e. The number of fused-ring (bicyclic) bond motifs is 1. The fourth-order valence-electron chi connectivity index (χ4n) is 4.12. The third kappa shape index (κ3) is 5.30. The number of nitrogens with zero attached hydrogens (tertiary/aromatic N) is 4. The minimum Gasteiger partial charge on any atom is -0.463 e. The lowest BCUT2D eigenvalue weighted by molar-refractivity contribution is 0.194. The van der Waals surface area contributed by atoms with Crippen LogP contribution < -0.4 is 16.2 Å². The van der Waals surface area contributed by atoms with Gasteiger partial charge in [0.1, 0.15) is 5.52 Å². The molecular weight excluding hydrogens is 404 g/mol. The van der Waals surface area contributed by atoms with E-state index in [1.807, 2.05) is 0 Å². The average Bonchev–Trinajstić information content (AvgIpc) is 3.10. The summed E-state index contributed by atoms with van der Waals surface area (Å²) in [5.41, 5.74) is 9.06. The molecule has 0 amide bonds. The Morgan fingerprint density at radius 2 is 1.88 bits per heavy atom. The zero-order valence-corrected chi connectivity index (χ0v) is 19.1. The van der Waals surface area contributed by atoms with Crippen molar-refractivity contribution in [3.63, 3.8) is 0 Å². The number of nitrogen functional groups attached to an aromatic ring is 1. The standard InChI is InChI=1S/C24H34N6O2/c1-3-4-15-32-23-27-21(25)20-22(28-23)30(24(31)26-20)16-19-7-5-18(6-8-19)11-14-29-12-9-17(2)10-13-29/h5-8,17H,3-4,9-16H2,1-2H3,(H,26,31)(H2,25,27,28). The number of aromatic amines is 1. The van der Waals surface area contributed by atoms with Gasteiger partial charge in [-0.25, -0.2) is 4.79 Å². The Balaban J connectivity index is 1.44. The first-order valence-corrected chi connectivity index (χ1v) is 11.7. The SMILES string of the molecule is CCCCOc1nc(N)c2[nH]c(=O)n(Cc3ccc(CCN4CCC(C)CC4)cc3)c2n1. The van der Waals surface area contributed by atoms with Crippen LogP contribution in [0.25, 0.3) is 11.2 Å². The van der Waals surface area contributed by atoms with Crippen molar-refractivity contribution in [2.75, 3.05) is 32.0 Å². The summed E-state index contributed by atoms with van der Waals surface area (Å²) in [4.78, 5) is 26.5. The quantitative estimate of drug-likeness (QED) is 0.498. The largest absolute Gasteiger partial charge is 0.463 e. The van der Waals surface area contributed by atoms with Crippen molar-refractivity contribution in [1.29, 1.82) is 0 Å². The second kappa shape index (κ2) is 10.2. The molecule has 8 heteroatoms. The molecule has 1 aliphatic rings. The zero-order chi connectivity index (χ0) is 22.5. The van der Waals surface area contributed by atoms with Gasteiger partial charge in [0.2, 0.25) is 0 Å². The second-order valence-electron chi connectivity index (χ2n) is 8.90. The Morgan fingerprint density at radius 1 is 1.16 bits per heavy atom. The Morgan fingerprint density at radius 3 is 2.59 bits per heavy atom. The first-order chi connectivity index (χ1) is 15.5. The van der Waals surface area contributed by atoms with Crippen LogP contribution in [0.1, 0.15) is 50.7 Å². The van der Waals surface area contributed by atoms with Gasteiger partial charge in [0.15, 0.2) is 11.5 Å². The lowest BCUT2D eigenvalue weighted by atomic mass is 9.99. The maximum absolute atomic E-state index is 12.6. The molecule has 3 N–H and O–H groups in total. The van der Waals surface area contributed by atoms with Crippen molar-refractivity contribution in [3.05, 3.63) is 45.9 Å². The van der Waals surface area contributed by atoms with Crippen LogP contribution in [0.15, 0.2) is 29.1 Å². The molecule has 172 valence electrons. The molecule has 32 heavy (non-hydrogen) atoms. The van der Waals surface area contributed by atoms with Crippen LogP contribution in [0.2, 0.25) is 0 Å². The lowest BCUT2D eigenvalue weighted by Crippen LogP contribution is -2.34. The highest BCUT2D eigenvalue weighted by atomic mass is 16.5. The van der Waals surface area contributed by atoms with Crippen LogP contribution in [0, 0.1) is 5.92 Å². The Bertz CT molecular complexity index is 1080. The Labute approximate surface area is 188 Å². The molecule has 1 saturated heterocycles. The highest BCUT2D eigenvalue weighted by Crippen LogP contribution is 2.19.